The first kappa shape index (κ1) is 20.7. The number of H-pyrrole nitrogens is 1. The maximum atomic E-state index is 4.43. The molecule has 0 aliphatic heterocycles. The predicted octanol–water partition coefficient (Wildman–Crippen LogP) is 4.02. The third kappa shape index (κ3) is 4.97. The van der Waals surface area contributed by atoms with Crippen LogP contribution in [0.2, 0.25) is 0 Å². The smallest absolute Gasteiger partial charge is 0.191 e. The number of halogens is 1. The molecule has 0 bridgehead atoms. The van der Waals surface area contributed by atoms with Crippen LogP contribution in [0.1, 0.15) is 27.9 Å². The zero-order valence-corrected chi connectivity index (χ0v) is 18.6. The molecule has 140 valence electrons. The van der Waals surface area contributed by atoms with Crippen molar-refractivity contribution in [3.05, 3.63) is 51.6 Å². The number of aliphatic imine (C=N–C) groups is 1. The number of guanidine groups is 1. The Hall–Kier alpha value is -1.61. The van der Waals surface area contributed by atoms with Gasteiger partial charge in [-0.05, 0) is 37.0 Å². The summed E-state index contributed by atoms with van der Waals surface area (Å²) in [6.07, 6.45) is 6.05. The van der Waals surface area contributed by atoms with Gasteiger partial charge in [0.2, 0.25) is 0 Å². The van der Waals surface area contributed by atoms with E-state index in [1.54, 1.807) is 18.4 Å². The van der Waals surface area contributed by atoms with Crippen LogP contribution in [0.5, 0.6) is 0 Å². The Morgan fingerprint density at radius 3 is 2.88 bits per heavy atom. The average molecular weight is 483 g/mol. The quantitative estimate of drug-likeness (QED) is 0.282. The Kier molecular flexibility index (Phi) is 7.89. The highest BCUT2D eigenvalue weighted by Gasteiger charge is 2.07. The van der Waals surface area contributed by atoms with E-state index in [1.807, 2.05) is 6.20 Å². The van der Waals surface area contributed by atoms with E-state index in [2.05, 4.69) is 63.8 Å². The number of rotatable bonds is 6. The number of aryl methyl sites for hydroxylation is 2. The average Bonchev–Trinajstić information content (AvgIpc) is 3.25. The first-order valence-electron chi connectivity index (χ1n) is 8.65. The van der Waals surface area contributed by atoms with Crippen LogP contribution < -0.4 is 10.6 Å². The second-order valence-electron chi connectivity index (χ2n) is 5.99. The van der Waals surface area contributed by atoms with Crippen molar-refractivity contribution in [2.75, 3.05) is 13.6 Å². The van der Waals surface area contributed by atoms with Crippen LogP contribution in [-0.2, 0) is 19.4 Å². The van der Waals surface area contributed by atoms with Crippen LogP contribution in [0.4, 0.5) is 0 Å². The van der Waals surface area contributed by atoms with E-state index in [0.29, 0.717) is 6.54 Å². The van der Waals surface area contributed by atoms with Gasteiger partial charge < -0.3 is 15.6 Å². The molecule has 5 nitrogen and oxygen atoms in total. The lowest BCUT2D eigenvalue weighted by Gasteiger charge is -2.10. The molecule has 0 atom stereocenters. The predicted molar refractivity (Wildman–Crippen MR) is 122 cm³/mol. The van der Waals surface area contributed by atoms with E-state index in [1.165, 1.54) is 26.9 Å². The zero-order chi connectivity index (χ0) is 17.6. The van der Waals surface area contributed by atoms with Gasteiger partial charge in [0, 0.05) is 41.8 Å². The number of hydrogen-bond acceptors (Lipinski definition) is 3. The molecule has 0 saturated carbocycles. The maximum absolute atomic E-state index is 4.43. The fraction of sp³-hybridized carbons (Fsp3) is 0.368. The normalized spacial score (nSPS) is 11.4. The largest absolute Gasteiger partial charge is 0.361 e. The summed E-state index contributed by atoms with van der Waals surface area (Å²) in [7, 11) is 1.80. The molecule has 0 unspecified atom stereocenters. The van der Waals surface area contributed by atoms with Gasteiger partial charge in [-0.1, -0.05) is 19.1 Å². The topological polar surface area (TPSA) is 65.1 Å². The van der Waals surface area contributed by atoms with Crippen LogP contribution in [0.3, 0.4) is 0 Å². The van der Waals surface area contributed by atoms with Gasteiger partial charge in [-0.15, -0.1) is 35.3 Å². The standard InChI is InChI=1S/C19H25N5S.HI/c1-4-15-11-23-17(25-15)12-24-19(20-3)21-9-8-14-10-22-16-7-5-6-13(2)18(14)16;/h5-7,10-11,22H,4,8-9,12H2,1-3H3,(H2,20,21,24);1H. The van der Waals surface area contributed by atoms with Crippen LogP contribution >= 0.6 is 35.3 Å². The summed E-state index contributed by atoms with van der Waals surface area (Å²) in [5, 5.41) is 9.14. The molecule has 0 amide bonds. The van der Waals surface area contributed by atoms with Crippen LogP contribution in [-0.4, -0.2) is 29.5 Å². The molecule has 0 fully saturated rings. The highest BCUT2D eigenvalue weighted by molar-refractivity contribution is 14.0. The molecule has 0 aliphatic rings. The molecule has 2 heterocycles. The zero-order valence-electron chi connectivity index (χ0n) is 15.4. The Balaban J connectivity index is 0.00000243. The monoisotopic (exact) mass is 483 g/mol. The van der Waals surface area contributed by atoms with Gasteiger partial charge in [0.05, 0.1) is 6.54 Å². The summed E-state index contributed by atoms with van der Waals surface area (Å²) >= 11 is 1.75. The maximum Gasteiger partial charge on any atom is 0.191 e. The van der Waals surface area contributed by atoms with Crippen molar-refractivity contribution < 1.29 is 0 Å². The molecule has 3 aromatic rings. The highest BCUT2D eigenvalue weighted by atomic mass is 127. The highest BCUT2D eigenvalue weighted by Crippen LogP contribution is 2.22. The molecular weight excluding hydrogens is 457 g/mol. The Bertz CT molecular complexity index is 868. The lowest BCUT2D eigenvalue weighted by molar-refractivity contribution is 0.793. The first-order chi connectivity index (χ1) is 12.2. The number of nitrogens with zero attached hydrogens (tertiary/aromatic N) is 2. The van der Waals surface area contributed by atoms with E-state index < -0.39 is 0 Å². The van der Waals surface area contributed by atoms with Gasteiger partial charge >= 0.3 is 0 Å². The number of nitrogens with one attached hydrogen (secondary N) is 3. The van der Waals surface area contributed by atoms with Gasteiger partial charge in [0.25, 0.3) is 0 Å². The molecule has 0 radical (unpaired) electrons. The van der Waals surface area contributed by atoms with Gasteiger partial charge in [-0.3, -0.25) is 4.99 Å². The molecule has 1 aromatic carbocycles. The van der Waals surface area contributed by atoms with Crippen molar-refractivity contribution in [3.8, 4) is 0 Å². The van der Waals surface area contributed by atoms with Crippen LogP contribution in [0, 0.1) is 6.92 Å². The molecular formula is C19H26IN5S. The number of thiazole rings is 1. The second kappa shape index (κ2) is 9.91. The number of fused-ring (bicyclic) bond motifs is 1. The fourth-order valence-corrected chi connectivity index (χ4v) is 3.74. The lowest BCUT2D eigenvalue weighted by Crippen LogP contribution is -2.37. The summed E-state index contributed by atoms with van der Waals surface area (Å²) in [6, 6.07) is 6.37. The van der Waals surface area contributed by atoms with Crippen LogP contribution in [0.25, 0.3) is 10.9 Å². The van der Waals surface area contributed by atoms with Gasteiger partial charge in [0.15, 0.2) is 5.96 Å². The van der Waals surface area contributed by atoms with Crippen molar-refractivity contribution >= 4 is 52.2 Å². The molecule has 0 spiro atoms. The van der Waals surface area contributed by atoms with Crippen molar-refractivity contribution in [1.82, 2.24) is 20.6 Å². The molecule has 3 N–H and O–H groups in total. The number of aromatic nitrogens is 2. The van der Waals surface area contributed by atoms with E-state index in [0.717, 1.165) is 30.4 Å². The van der Waals surface area contributed by atoms with Crippen LogP contribution in [0.15, 0.2) is 35.6 Å². The van der Waals surface area contributed by atoms with Crippen molar-refractivity contribution in [2.24, 2.45) is 4.99 Å². The molecule has 7 heteroatoms. The van der Waals surface area contributed by atoms with E-state index >= 15 is 0 Å². The molecule has 0 aliphatic carbocycles. The lowest BCUT2D eigenvalue weighted by atomic mass is 10.1. The Morgan fingerprint density at radius 1 is 1.31 bits per heavy atom. The minimum atomic E-state index is 0. The van der Waals surface area contributed by atoms with E-state index in [9.17, 15) is 0 Å². The number of aromatic amines is 1. The summed E-state index contributed by atoms with van der Waals surface area (Å²) in [6.45, 7) is 5.85. The van der Waals surface area contributed by atoms with E-state index in [-0.39, 0.29) is 24.0 Å². The van der Waals surface area contributed by atoms with Crippen molar-refractivity contribution in [3.63, 3.8) is 0 Å². The summed E-state index contributed by atoms with van der Waals surface area (Å²) in [5.41, 5.74) is 3.85. The Labute approximate surface area is 175 Å². The SMILES string of the molecule is CCc1cnc(CNC(=NC)NCCc2c[nH]c3cccc(C)c23)s1.I. The summed E-state index contributed by atoms with van der Waals surface area (Å²) < 4.78 is 0. The van der Waals surface area contributed by atoms with Gasteiger partial charge in [-0.2, -0.15) is 0 Å². The van der Waals surface area contributed by atoms with Crippen molar-refractivity contribution in [2.45, 2.75) is 33.2 Å². The fourth-order valence-electron chi connectivity index (χ4n) is 2.94. The molecule has 2 aromatic heterocycles. The molecule has 26 heavy (non-hydrogen) atoms. The second-order valence-corrected chi connectivity index (χ2v) is 7.19. The van der Waals surface area contributed by atoms with E-state index in [4.69, 9.17) is 0 Å². The number of hydrogen-bond donors (Lipinski definition) is 3. The minimum Gasteiger partial charge on any atom is -0.361 e. The summed E-state index contributed by atoms with van der Waals surface area (Å²) in [5.74, 6) is 0.810. The third-order valence-corrected chi connectivity index (χ3v) is 5.40. The third-order valence-electron chi connectivity index (χ3n) is 4.26. The first-order valence-corrected chi connectivity index (χ1v) is 9.46. The van der Waals surface area contributed by atoms with Crippen molar-refractivity contribution in [1.29, 1.82) is 0 Å². The molecule has 3 rings (SSSR count). The minimum absolute atomic E-state index is 0. The molecule has 0 saturated heterocycles. The Morgan fingerprint density at radius 2 is 2.15 bits per heavy atom. The summed E-state index contributed by atoms with van der Waals surface area (Å²) in [4.78, 5) is 13.4. The number of benzene rings is 1. The van der Waals surface area contributed by atoms with Gasteiger partial charge in [-0.25, -0.2) is 4.98 Å². The van der Waals surface area contributed by atoms with Gasteiger partial charge in [0.1, 0.15) is 5.01 Å².